The van der Waals surface area contributed by atoms with Crippen LogP contribution in [0.1, 0.15) is 42.2 Å². The number of aryl methyl sites for hydroxylation is 1. The SMILES string of the molecule is CCCn1nc(C(=O)NC2C[C@H]3COC[C@@H](C2)N3Cc2ccccc2OC)c2ccccc21. The van der Waals surface area contributed by atoms with E-state index in [1.165, 1.54) is 5.56 Å². The number of methoxy groups -OCH3 is 1. The van der Waals surface area contributed by atoms with E-state index >= 15 is 0 Å². The van der Waals surface area contributed by atoms with E-state index in [0.29, 0.717) is 18.9 Å². The minimum atomic E-state index is -0.0803. The van der Waals surface area contributed by atoms with Gasteiger partial charge in [0, 0.05) is 42.2 Å². The van der Waals surface area contributed by atoms with Crippen LogP contribution in [0.5, 0.6) is 5.75 Å². The molecule has 3 atom stereocenters. The number of nitrogens with zero attached hydrogens (tertiary/aromatic N) is 3. The van der Waals surface area contributed by atoms with Crippen LogP contribution >= 0.6 is 0 Å². The zero-order valence-corrected chi connectivity index (χ0v) is 19.4. The van der Waals surface area contributed by atoms with Crippen LogP contribution in [0.4, 0.5) is 0 Å². The van der Waals surface area contributed by atoms with Crippen molar-refractivity contribution in [1.29, 1.82) is 0 Å². The zero-order chi connectivity index (χ0) is 22.8. The van der Waals surface area contributed by atoms with Crippen LogP contribution in [-0.4, -0.2) is 59.0 Å². The predicted octanol–water partition coefficient (Wildman–Crippen LogP) is 3.62. The third kappa shape index (κ3) is 4.35. The topological polar surface area (TPSA) is 68.6 Å². The molecule has 33 heavy (non-hydrogen) atoms. The molecule has 0 aliphatic carbocycles. The summed E-state index contributed by atoms with van der Waals surface area (Å²) in [6.07, 6.45) is 2.71. The molecule has 1 amide bonds. The van der Waals surface area contributed by atoms with E-state index in [1.807, 2.05) is 41.1 Å². The second kappa shape index (κ2) is 9.53. The lowest BCUT2D eigenvalue weighted by Crippen LogP contribution is -2.60. The van der Waals surface area contributed by atoms with Gasteiger partial charge in [0.2, 0.25) is 0 Å². The lowest BCUT2D eigenvalue weighted by atomic mass is 9.89. The number of piperidine rings is 1. The number of morpholine rings is 1. The molecule has 0 radical (unpaired) electrons. The van der Waals surface area contributed by atoms with Gasteiger partial charge in [-0.3, -0.25) is 14.4 Å². The molecule has 7 nitrogen and oxygen atoms in total. The Bertz CT molecular complexity index is 1110. The molecule has 2 fully saturated rings. The maximum Gasteiger partial charge on any atom is 0.272 e. The molecule has 2 bridgehead atoms. The quantitative estimate of drug-likeness (QED) is 0.598. The Hall–Kier alpha value is -2.90. The van der Waals surface area contributed by atoms with Crippen LogP contribution in [0.15, 0.2) is 48.5 Å². The van der Waals surface area contributed by atoms with Crippen molar-refractivity contribution < 1.29 is 14.3 Å². The molecule has 2 aliphatic heterocycles. The van der Waals surface area contributed by atoms with Gasteiger partial charge in [-0.2, -0.15) is 5.10 Å². The van der Waals surface area contributed by atoms with Crippen molar-refractivity contribution in [1.82, 2.24) is 20.0 Å². The van der Waals surface area contributed by atoms with Gasteiger partial charge in [0.1, 0.15) is 5.75 Å². The number of rotatable bonds is 7. The van der Waals surface area contributed by atoms with Crippen molar-refractivity contribution in [3.05, 3.63) is 59.8 Å². The summed E-state index contributed by atoms with van der Waals surface area (Å²) in [4.78, 5) is 15.8. The van der Waals surface area contributed by atoms with E-state index in [0.717, 1.165) is 49.0 Å². The molecule has 2 saturated heterocycles. The predicted molar refractivity (Wildman–Crippen MR) is 127 cm³/mol. The maximum atomic E-state index is 13.3. The van der Waals surface area contributed by atoms with Crippen molar-refractivity contribution in [3.63, 3.8) is 0 Å². The van der Waals surface area contributed by atoms with Crippen LogP contribution in [0.2, 0.25) is 0 Å². The molecule has 7 heteroatoms. The van der Waals surface area contributed by atoms with Gasteiger partial charge in [0.25, 0.3) is 5.91 Å². The van der Waals surface area contributed by atoms with Crippen LogP contribution < -0.4 is 10.1 Å². The Balaban J connectivity index is 1.31. The van der Waals surface area contributed by atoms with E-state index in [9.17, 15) is 4.79 Å². The number of amides is 1. The van der Waals surface area contributed by atoms with E-state index in [4.69, 9.17) is 9.47 Å². The Labute approximate surface area is 194 Å². The molecule has 3 aromatic rings. The van der Waals surface area contributed by atoms with Crippen LogP contribution in [0, 0.1) is 0 Å². The van der Waals surface area contributed by atoms with Gasteiger partial charge >= 0.3 is 0 Å². The number of carbonyl (C=O) groups excluding carboxylic acids is 1. The Kier molecular flexibility index (Phi) is 6.33. The number of fused-ring (bicyclic) bond motifs is 3. The molecule has 2 aliphatic rings. The summed E-state index contributed by atoms with van der Waals surface area (Å²) in [7, 11) is 1.72. The number of benzene rings is 2. The first-order valence-corrected chi connectivity index (χ1v) is 11.9. The standard InChI is InChI=1S/C26H32N4O3/c1-3-12-30-23-10-6-5-9-22(23)25(28-30)26(31)27-19-13-20-16-33-17-21(14-19)29(20)15-18-8-4-7-11-24(18)32-2/h4-11,19-21H,3,12-17H2,1-2H3,(H,27,31)/t19?,20-,21+. The van der Waals surface area contributed by atoms with Crippen LogP contribution in [-0.2, 0) is 17.8 Å². The fraction of sp³-hybridized carbons (Fsp3) is 0.462. The van der Waals surface area contributed by atoms with Crippen molar-refractivity contribution in [2.45, 2.75) is 57.4 Å². The van der Waals surface area contributed by atoms with E-state index < -0.39 is 0 Å². The monoisotopic (exact) mass is 448 g/mol. The number of ether oxygens (including phenoxy) is 2. The van der Waals surface area contributed by atoms with E-state index in [-0.39, 0.29) is 24.0 Å². The zero-order valence-electron chi connectivity index (χ0n) is 19.4. The summed E-state index contributed by atoms with van der Waals surface area (Å²) in [6, 6.07) is 16.8. The van der Waals surface area contributed by atoms with Gasteiger partial charge in [-0.25, -0.2) is 0 Å². The smallest absolute Gasteiger partial charge is 0.272 e. The molecular weight excluding hydrogens is 416 g/mol. The molecule has 1 aromatic heterocycles. The molecular formula is C26H32N4O3. The maximum absolute atomic E-state index is 13.3. The number of carbonyl (C=O) groups is 1. The first-order chi connectivity index (χ1) is 16.2. The van der Waals surface area contributed by atoms with Crippen molar-refractivity contribution in [2.75, 3.05) is 20.3 Å². The molecule has 2 aromatic carbocycles. The highest BCUT2D eigenvalue weighted by Gasteiger charge is 2.40. The summed E-state index contributed by atoms with van der Waals surface area (Å²) in [5.41, 5.74) is 2.73. The summed E-state index contributed by atoms with van der Waals surface area (Å²) < 4.78 is 13.4. The van der Waals surface area contributed by atoms with Crippen LogP contribution in [0.3, 0.4) is 0 Å². The molecule has 5 rings (SSSR count). The lowest BCUT2D eigenvalue weighted by molar-refractivity contribution is -0.0845. The number of hydrogen-bond acceptors (Lipinski definition) is 5. The van der Waals surface area contributed by atoms with Crippen molar-refractivity contribution in [3.8, 4) is 5.75 Å². The third-order valence-corrected chi connectivity index (χ3v) is 6.86. The number of aromatic nitrogens is 2. The lowest BCUT2D eigenvalue weighted by Gasteiger charge is -2.48. The fourth-order valence-electron chi connectivity index (χ4n) is 5.33. The summed E-state index contributed by atoms with van der Waals surface area (Å²) in [6.45, 7) is 5.13. The third-order valence-electron chi connectivity index (χ3n) is 6.86. The van der Waals surface area contributed by atoms with E-state index in [1.54, 1.807) is 7.11 Å². The number of para-hydroxylation sites is 2. The first-order valence-electron chi connectivity index (χ1n) is 11.9. The van der Waals surface area contributed by atoms with Crippen molar-refractivity contribution in [2.24, 2.45) is 0 Å². The average Bonchev–Trinajstić information content (AvgIpc) is 3.19. The van der Waals surface area contributed by atoms with Gasteiger partial charge in [0.15, 0.2) is 5.69 Å². The van der Waals surface area contributed by atoms with Crippen LogP contribution in [0.25, 0.3) is 10.9 Å². The molecule has 3 heterocycles. The molecule has 1 unspecified atom stereocenters. The molecule has 0 saturated carbocycles. The second-order valence-electron chi connectivity index (χ2n) is 9.06. The molecule has 174 valence electrons. The largest absolute Gasteiger partial charge is 0.496 e. The van der Waals surface area contributed by atoms with E-state index in [2.05, 4.69) is 34.4 Å². The molecule has 0 spiro atoms. The number of nitrogens with one attached hydrogen (secondary N) is 1. The Morgan fingerprint density at radius 3 is 2.61 bits per heavy atom. The molecule has 1 N–H and O–H groups in total. The van der Waals surface area contributed by atoms with Gasteiger partial charge in [-0.05, 0) is 31.4 Å². The average molecular weight is 449 g/mol. The highest BCUT2D eigenvalue weighted by molar-refractivity contribution is 6.05. The minimum Gasteiger partial charge on any atom is -0.496 e. The second-order valence-corrected chi connectivity index (χ2v) is 9.06. The number of hydrogen-bond donors (Lipinski definition) is 1. The fourth-order valence-corrected chi connectivity index (χ4v) is 5.33. The first kappa shape index (κ1) is 21.9. The Morgan fingerprint density at radius 2 is 1.85 bits per heavy atom. The highest BCUT2D eigenvalue weighted by Crippen LogP contribution is 2.32. The summed E-state index contributed by atoms with van der Waals surface area (Å²) >= 11 is 0. The van der Waals surface area contributed by atoms with Gasteiger partial charge < -0.3 is 14.8 Å². The van der Waals surface area contributed by atoms with Gasteiger partial charge in [-0.1, -0.05) is 43.3 Å². The van der Waals surface area contributed by atoms with Gasteiger partial charge in [0.05, 0.1) is 25.8 Å². The summed E-state index contributed by atoms with van der Waals surface area (Å²) in [5, 5.41) is 8.88. The summed E-state index contributed by atoms with van der Waals surface area (Å²) in [5.74, 6) is 0.838. The Morgan fingerprint density at radius 1 is 1.12 bits per heavy atom. The van der Waals surface area contributed by atoms with Crippen molar-refractivity contribution >= 4 is 16.8 Å². The highest BCUT2D eigenvalue weighted by atomic mass is 16.5. The normalized spacial score (nSPS) is 22.9. The van der Waals surface area contributed by atoms with Gasteiger partial charge in [-0.15, -0.1) is 0 Å². The minimum absolute atomic E-state index is 0.0803.